The fraction of sp³-hybridized carbons (Fsp3) is 0.533. The predicted molar refractivity (Wildman–Crippen MR) is 81.3 cm³/mol. The van der Waals surface area contributed by atoms with Gasteiger partial charge in [-0.15, -0.1) is 0 Å². The minimum atomic E-state index is -0.107. The number of carbonyl (C=O) groups excluding carboxylic acids is 1. The van der Waals surface area contributed by atoms with Crippen LogP contribution in [0.1, 0.15) is 16.8 Å². The van der Waals surface area contributed by atoms with Gasteiger partial charge >= 0.3 is 0 Å². The molecule has 0 spiro atoms. The first-order chi connectivity index (χ1) is 10.2. The average molecular weight is 296 g/mol. The Morgan fingerprint density at radius 3 is 2.57 bits per heavy atom. The van der Waals surface area contributed by atoms with Gasteiger partial charge in [0, 0.05) is 38.6 Å². The molecule has 6 nitrogen and oxygen atoms in total. The number of ether oxygens (including phenoxy) is 3. The first-order valence-electron chi connectivity index (χ1n) is 6.90. The highest BCUT2D eigenvalue weighted by Crippen LogP contribution is 2.05. The van der Waals surface area contributed by atoms with E-state index in [0.29, 0.717) is 37.6 Å². The molecule has 1 aromatic rings. The van der Waals surface area contributed by atoms with Crippen molar-refractivity contribution in [3.63, 3.8) is 0 Å². The van der Waals surface area contributed by atoms with Gasteiger partial charge in [0.2, 0.25) is 0 Å². The van der Waals surface area contributed by atoms with E-state index in [4.69, 9.17) is 19.9 Å². The molecular weight excluding hydrogens is 272 g/mol. The van der Waals surface area contributed by atoms with E-state index in [9.17, 15) is 4.79 Å². The fourth-order valence-electron chi connectivity index (χ4n) is 1.70. The molecule has 118 valence electrons. The van der Waals surface area contributed by atoms with Gasteiger partial charge in [0.25, 0.3) is 5.91 Å². The van der Waals surface area contributed by atoms with Crippen molar-refractivity contribution in [3.05, 3.63) is 29.8 Å². The third-order valence-electron chi connectivity index (χ3n) is 2.91. The Bertz CT molecular complexity index is 409. The second-order valence-corrected chi connectivity index (χ2v) is 4.62. The zero-order valence-corrected chi connectivity index (χ0v) is 12.6. The zero-order valence-electron chi connectivity index (χ0n) is 12.6. The Balaban J connectivity index is 2.11. The molecule has 0 saturated carbocycles. The smallest absolute Gasteiger partial charge is 0.251 e. The van der Waals surface area contributed by atoms with Crippen LogP contribution >= 0.6 is 0 Å². The van der Waals surface area contributed by atoms with Gasteiger partial charge in [0.1, 0.15) is 6.10 Å². The minimum absolute atomic E-state index is 0.0561. The van der Waals surface area contributed by atoms with Crippen LogP contribution in [0.4, 0.5) is 5.69 Å². The van der Waals surface area contributed by atoms with Crippen molar-refractivity contribution in [2.24, 2.45) is 0 Å². The van der Waals surface area contributed by atoms with Crippen LogP contribution in [-0.4, -0.2) is 52.6 Å². The minimum Gasteiger partial charge on any atom is -0.399 e. The highest BCUT2D eigenvalue weighted by Gasteiger charge is 2.07. The Hall–Kier alpha value is -1.63. The van der Waals surface area contributed by atoms with Gasteiger partial charge in [-0.2, -0.15) is 0 Å². The quantitative estimate of drug-likeness (QED) is 0.498. The topological polar surface area (TPSA) is 82.8 Å². The van der Waals surface area contributed by atoms with Crippen molar-refractivity contribution in [2.45, 2.75) is 12.5 Å². The molecule has 0 aliphatic heterocycles. The van der Waals surface area contributed by atoms with E-state index in [2.05, 4.69) is 5.32 Å². The van der Waals surface area contributed by atoms with Crippen LogP contribution in [0.15, 0.2) is 24.3 Å². The van der Waals surface area contributed by atoms with Gasteiger partial charge in [-0.1, -0.05) is 0 Å². The molecule has 0 saturated heterocycles. The number of methoxy groups -OCH3 is 2. The molecule has 1 aromatic carbocycles. The van der Waals surface area contributed by atoms with E-state index in [1.54, 1.807) is 38.5 Å². The molecule has 6 heteroatoms. The van der Waals surface area contributed by atoms with E-state index in [1.807, 2.05) is 0 Å². The second-order valence-electron chi connectivity index (χ2n) is 4.62. The number of nitrogens with one attached hydrogen (secondary N) is 1. The lowest BCUT2D eigenvalue weighted by Crippen LogP contribution is -2.27. The molecule has 0 aliphatic rings. The largest absolute Gasteiger partial charge is 0.399 e. The number of hydrogen-bond acceptors (Lipinski definition) is 5. The summed E-state index contributed by atoms with van der Waals surface area (Å²) in [5.74, 6) is -0.107. The Morgan fingerprint density at radius 1 is 1.24 bits per heavy atom. The van der Waals surface area contributed by atoms with Crippen molar-refractivity contribution in [1.82, 2.24) is 5.32 Å². The van der Waals surface area contributed by atoms with Crippen LogP contribution in [0.3, 0.4) is 0 Å². The zero-order chi connectivity index (χ0) is 15.5. The Kier molecular flexibility index (Phi) is 8.42. The fourth-order valence-corrected chi connectivity index (χ4v) is 1.70. The van der Waals surface area contributed by atoms with Gasteiger partial charge < -0.3 is 25.3 Å². The summed E-state index contributed by atoms with van der Waals surface area (Å²) >= 11 is 0. The highest BCUT2D eigenvalue weighted by molar-refractivity contribution is 5.94. The summed E-state index contributed by atoms with van der Waals surface area (Å²) < 4.78 is 15.6. The maximum absolute atomic E-state index is 11.8. The SMILES string of the molecule is COCC(COCCCNC(=O)c1ccc(N)cc1)OC. The molecule has 0 aliphatic carbocycles. The van der Waals surface area contributed by atoms with Gasteiger partial charge in [-0.3, -0.25) is 4.79 Å². The van der Waals surface area contributed by atoms with Gasteiger partial charge in [-0.05, 0) is 30.7 Å². The summed E-state index contributed by atoms with van der Waals surface area (Å²) in [6.45, 7) is 2.11. The maximum atomic E-state index is 11.8. The van der Waals surface area contributed by atoms with Crippen LogP contribution in [0.5, 0.6) is 0 Å². The highest BCUT2D eigenvalue weighted by atomic mass is 16.5. The van der Waals surface area contributed by atoms with Crippen LogP contribution in [0.2, 0.25) is 0 Å². The van der Waals surface area contributed by atoms with E-state index in [-0.39, 0.29) is 12.0 Å². The number of hydrogen-bond donors (Lipinski definition) is 2. The Morgan fingerprint density at radius 2 is 1.95 bits per heavy atom. The number of amides is 1. The van der Waals surface area contributed by atoms with Crippen LogP contribution in [0, 0.1) is 0 Å². The van der Waals surface area contributed by atoms with Crippen molar-refractivity contribution in [3.8, 4) is 0 Å². The van der Waals surface area contributed by atoms with E-state index >= 15 is 0 Å². The predicted octanol–water partition coefficient (Wildman–Crippen LogP) is 1.07. The number of anilines is 1. The van der Waals surface area contributed by atoms with Gasteiger partial charge in [0.15, 0.2) is 0 Å². The van der Waals surface area contributed by atoms with Crippen molar-refractivity contribution in [1.29, 1.82) is 0 Å². The summed E-state index contributed by atoms with van der Waals surface area (Å²) in [5.41, 5.74) is 6.82. The van der Waals surface area contributed by atoms with Crippen LogP contribution in [-0.2, 0) is 14.2 Å². The normalized spacial score (nSPS) is 12.1. The first kappa shape index (κ1) is 17.4. The van der Waals surface area contributed by atoms with Crippen molar-refractivity contribution >= 4 is 11.6 Å². The summed E-state index contributed by atoms with van der Waals surface area (Å²) in [4.78, 5) is 11.8. The van der Waals surface area contributed by atoms with E-state index in [0.717, 1.165) is 6.42 Å². The molecular formula is C15H24N2O4. The van der Waals surface area contributed by atoms with Crippen LogP contribution < -0.4 is 11.1 Å². The summed E-state index contributed by atoms with van der Waals surface area (Å²) in [6, 6.07) is 6.82. The molecule has 0 radical (unpaired) electrons. The van der Waals surface area contributed by atoms with Gasteiger partial charge in [-0.25, -0.2) is 0 Å². The van der Waals surface area contributed by atoms with Crippen LogP contribution in [0.25, 0.3) is 0 Å². The molecule has 1 rings (SSSR count). The molecule has 21 heavy (non-hydrogen) atoms. The molecule has 0 bridgehead atoms. The molecule has 3 N–H and O–H groups in total. The number of benzene rings is 1. The third kappa shape index (κ3) is 7.08. The number of rotatable bonds is 10. The number of carbonyl (C=O) groups is 1. The van der Waals surface area contributed by atoms with Crippen molar-refractivity contribution in [2.75, 3.05) is 46.3 Å². The second kappa shape index (κ2) is 10.1. The lowest BCUT2D eigenvalue weighted by Gasteiger charge is -2.14. The average Bonchev–Trinajstić information content (AvgIpc) is 2.50. The molecule has 0 fully saturated rings. The number of nitrogen functional groups attached to an aromatic ring is 1. The lowest BCUT2D eigenvalue weighted by molar-refractivity contribution is -0.0305. The summed E-state index contributed by atoms with van der Waals surface area (Å²) in [6.07, 6.45) is 0.684. The maximum Gasteiger partial charge on any atom is 0.251 e. The molecule has 1 atom stereocenters. The first-order valence-corrected chi connectivity index (χ1v) is 6.90. The molecule has 1 amide bonds. The van der Waals surface area contributed by atoms with Gasteiger partial charge in [0.05, 0.1) is 13.2 Å². The van der Waals surface area contributed by atoms with E-state index < -0.39 is 0 Å². The number of nitrogens with two attached hydrogens (primary N) is 1. The van der Waals surface area contributed by atoms with Crippen molar-refractivity contribution < 1.29 is 19.0 Å². The molecule has 0 heterocycles. The third-order valence-corrected chi connectivity index (χ3v) is 2.91. The monoisotopic (exact) mass is 296 g/mol. The standard InChI is InChI=1S/C15H24N2O4/c1-19-10-14(20-2)11-21-9-3-8-17-15(18)12-4-6-13(16)7-5-12/h4-7,14H,3,8-11,16H2,1-2H3,(H,17,18). The molecule has 1 unspecified atom stereocenters. The Labute approximate surface area is 125 Å². The summed E-state index contributed by atoms with van der Waals surface area (Å²) in [7, 11) is 3.25. The van der Waals surface area contributed by atoms with E-state index in [1.165, 1.54) is 0 Å². The lowest BCUT2D eigenvalue weighted by atomic mass is 10.2. The molecule has 0 aromatic heterocycles. The summed E-state index contributed by atoms with van der Waals surface area (Å²) in [5, 5.41) is 2.83.